The van der Waals surface area contributed by atoms with Crippen LogP contribution in [0.3, 0.4) is 0 Å². The number of fused-ring (bicyclic) bond motifs is 1. The molecule has 0 fully saturated rings. The SMILES string of the molecule is CCc1nc(-c2c3n(c(=O)n(CC(=O)Nc4ccc(OC)cc4)c2=O)CCCC3)no1. The van der Waals surface area contributed by atoms with E-state index in [0.29, 0.717) is 42.4 Å². The van der Waals surface area contributed by atoms with Gasteiger partial charge in [-0.15, -0.1) is 0 Å². The monoisotopic (exact) mass is 425 g/mol. The zero-order chi connectivity index (χ0) is 22.0. The van der Waals surface area contributed by atoms with Crippen molar-refractivity contribution >= 4 is 11.6 Å². The van der Waals surface area contributed by atoms with E-state index in [1.165, 1.54) is 0 Å². The Hall–Kier alpha value is -3.69. The Labute approximate surface area is 177 Å². The van der Waals surface area contributed by atoms with Crippen LogP contribution >= 0.6 is 0 Å². The summed E-state index contributed by atoms with van der Waals surface area (Å²) >= 11 is 0. The van der Waals surface area contributed by atoms with Gasteiger partial charge in [0.15, 0.2) is 0 Å². The summed E-state index contributed by atoms with van der Waals surface area (Å²) < 4.78 is 12.8. The molecule has 3 heterocycles. The lowest BCUT2D eigenvalue weighted by molar-refractivity contribution is -0.116. The minimum absolute atomic E-state index is 0.150. The van der Waals surface area contributed by atoms with Gasteiger partial charge in [0.05, 0.1) is 7.11 Å². The molecule has 0 unspecified atom stereocenters. The zero-order valence-electron chi connectivity index (χ0n) is 17.4. The molecule has 162 valence electrons. The standard InChI is InChI=1S/C21H23N5O5/c1-3-17-23-19(24-31-17)18-15-6-4-5-11-25(15)21(29)26(20(18)28)12-16(27)22-13-7-9-14(30-2)10-8-13/h7-10H,3-6,11-12H2,1-2H3,(H,22,27). The second-order valence-corrected chi connectivity index (χ2v) is 7.25. The van der Waals surface area contributed by atoms with E-state index in [1.54, 1.807) is 35.9 Å². The average Bonchev–Trinajstić information content (AvgIpc) is 3.26. The first kappa shape index (κ1) is 20.6. The first-order valence-corrected chi connectivity index (χ1v) is 10.1. The molecule has 2 aromatic heterocycles. The normalized spacial score (nSPS) is 13.0. The van der Waals surface area contributed by atoms with E-state index >= 15 is 0 Å². The summed E-state index contributed by atoms with van der Waals surface area (Å²) in [5.41, 5.74) is 0.249. The van der Waals surface area contributed by atoms with Gasteiger partial charge in [-0.2, -0.15) is 4.98 Å². The fourth-order valence-electron chi connectivity index (χ4n) is 3.68. The van der Waals surface area contributed by atoms with Crippen LogP contribution < -0.4 is 21.3 Å². The molecule has 0 radical (unpaired) electrons. The minimum atomic E-state index is -0.591. The first-order valence-electron chi connectivity index (χ1n) is 10.1. The fraction of sp³-hybridized carbons (Fsp3) is 0.381. The molecule has 0 aliphatic carbocycles. The average molecular weight is 425 g/mol. The first-order chi connectivity index (χ1) is 15.0. The third-order valence-corrected chi connectivity index (χ3v) is 5.25. The second-order valence-electron chi connectivity index (χ2n) is 7.25. The molecule has 0 saturated carbocycles. The molecule has 1 aliphatic heterocycles. The molecule has 3 aromatic rings. The van der Waals surface area contributed by atoms with Crippen LogP contribution in [0.2, 0.25) is 0 Å². The van der Waals surface area contributed by atoms with Crippen molar-refractivity contribution in [3.05, 3.63) is 56.7 Å². The van der Waals surface area contributed by atoms with Gasteiger partial charge < -0.3 is 14.6 Å². The molecule has 0 atom stereocenters. The third-order valence-electron chi connectivity index (χ3n) is 5.25. The summed E-state index contributed by atoms with van der Waals surface area (Å²) in [6.07, 6.45) is 2.76. The van der Waals surface area contributed by atoms with Gasteiger partial charge in [0.25, 0.3) is 5.56 Å². The van der Waals surface area contributed by atoms with Gasteiger partial charge in [-0.1, -0.05) is 12.1 Å². The molecule has 31 heavy (non-hydrogen) atoms. The minimum Gasteiger partial charge on any atom is -0.497 e. The van der Waals surface area contributed by atoms with E-state index in [4.69, 9.17) is 9.26 Å². The molecular weight excluding hydrogens is 402 g/mol. The van der Waals surface area contributed by atoms with Gasteiger partial charge in [0.1, 0.15) is 17.9 Å². The number of hydrogen-bond acceptors (Lipinski definition) is 7. The summed E-state index contributed by atoms with van der Waals surface area (Å²) in [6, 6.07) is 6.76. The van der Waals surface area contributed by atoms with Crippen molar-refractivity contribution in [1.29, 1.82) is 0 Å². The second kappa shape index (κ2) is 8.58. The largest absolute Gasteiger partial charge is 0.497 e. The molecular formula is C21H23N5O5. The third kappa shape index (κ3) is 4.00. The molecule has 1 aromatic carbocycles. The highest BCUT2D eigenvalue weighted by molar-refractivity contribution is 5.90. The summed E-state index contributed by atoms with van der Waals surface area (Å²) in [7, 11) is 1.55. The lowest BCUT2D eigenvalue weighted by Crippen LogP contribution is -2.45. The van der Waals surface area contributed by atoms with Crippen molar-refractivity contribution in [2.45, 2.75) is 45.7 Å². The van der Waals surface area contributed by atoms with Crippen molar-refractivity contribution in [2.24, 2.45) is 0 Å². The summed E-state index contributed by atoms with van der Waals surface area (Å²) in [6.45, 7) is 1.92. The van der Waals surface area contributed by atoms with E-state index in [9.17, 15) is 14.4 Å². The molecule has 0 saturated heterocycles. The van der Waals surface area contributed by atoms with Crippen LogP contribution in [0.5, 0.6) is 5.75 Å². The van der Waals surface area contributed by atoms with Crippen LogP contribution in [0.1, 0.15) is 31.4 Å². The van der Waals surface area contributed by atoms with Crippen LogP contribution in [-0.4, -0.2) is 32.3 Å². The predicted octanol–water partition coefficient (Wildman–Crippen LogP) is 1.61. The topological polar surface area (TPSA) is 121 Å². The lowest BCUT2D eigenvalue weighted by atomic mass is 10.0. The molecule has 1 N–H and O–H groups in total. The van der Waals surface area contributed by atoms with Gasteiger partial charge in [-0.05, 0) is 43.5 Å². The summed E-state index contributed by atoms with van der Waals surface area (Å²) in [5.74, 6) is 0.711. The van der Waals surface area contributed by atoms with E-state index < -0.39 is 23.7 Å². The van der Waals surface area contributed by atoms with Crippen LogP contribution in [-0.2, 0) is 30.7 Å². The number of nitrogens with zero attached hydrogens (tertiary/aromatic N) is 4. The predicted molar refractivity (Wildman–Crippen MR) is 112 cm³/mol. The Morgan fingerprint density at radius 3 is 2.68 bits per heavy atom. The maximum Gasteiger partial charge on any atom is 0.331 e. The number of aromatic nitrogens is 4. The van der Waals surface area contributed by atoms with Crippen molar-refractivity contribution in [2.75, 3.05) is 12.4 Å². The molecule has 10 nitrogen and oxygen atoms in total. The summed E-state index contributed by atoms with van der Waals surface area (Å²) in [4.78, 5) is 43.2. The summed E-state index contributed by atoms with van der Waals surface area (Å²) in [5, 5.41) is 6.63. The Morgan fingerprint density at radius 2 is 2.00 bits per heavy atom. The number of anilines is 1. The molecule has 0 spiro atoms. The smallest absolute Gasteiger partial charge is 0.331 e. The Morgan fingerprint density at radius 1 is 1.23 bits per heavy atom. The number of carbonyl (C=O) groups is 1. The number of amides is 1. The quantitative estimate of drug-likeness (QED) is 0.637. The van der Waals surface area contributed by atoms with Gasteiger partial charge in [0.2, 0.25) is 17.6 Å². The van der Waals surface area contributed by atoms with Crippen molar-refractivity contribution in [3.8, 4) is 17.1 Å². The van der Waals surface area contributed by atoms with Gasteiger partial charge >= 0.3 is 5.69 Å². The number of rotatable bonds is 6. The number of nitrogens with one attached hydrogen (secondary N) is 1. The molecule has 10 heteroatoms. The van der Waals surface area contributed by atoms with Crippen LogP contribution in [0.4, 0.5) is 5.69 Å². The molecule has 4 rings (SSSR count). The number of ether oxygens (including phenoxy) is 1. The highest BCUT2D eigenvalue weighted by Crippen LogP contribution is 2.22. The van der Waals surface area contributed by atoms with Crippen molar-refractivity contribution < 1.29 is 14.1 Å². The van der Waals surface area contributed by atoms with Gasteiger partial charge in [0, 0.05) is 24.3 Å². The van der Waals surface area contributed by atoms with Crippen LogP contribution in [0, 0.1) is 0 Å². The van der Waals surface area contributed by atoms with E-state index in [-0.39, 0.29) is 11.4 Å². The zero-order valence-corrected chi connectivity index (χ0v) is 17.4. The molecule has 0 bridgehead atoms. The highest BCUT2D eigenvalue weighted by Gasteiger charge is 2.26. The van der Waals surface area contributed by atoms with E-state index in [2.05, 4.69) is 15.5 Å². The van der Waals surface area contributed by atoms with Gasteiger partial charge in [-0.3, -0.25) is 18.7 Å². The number of carbonyl (C=O) groups excluding carboxylic acids is 1. The van der Waals surface area contributed by atoms with E-state index in [0.717, 1.165) is 17.4 Å². The fourth-order valence-corrected chi connectivity index (χ4v) is 3.68. The number of benzene rings is 1. The van der Waals surface area contributed by atoms with Crippen molar-refractivity contribution in [3.63, 3.8) is 0 Å². The van der Waals surface area contributed by atoms with Crippen LogP contribution in [0.15, 0.2) is 38.4 Å². The Balaban J connectivity index is 1.71. The van der Waals surface area contributed by atoms with E-state index in [1.807, 2.05) is 6.92 Å². The van der Waals surface area contributed by atoms with Crippen molar-refractivity contribution in [1.82, 2.24) is 19.3 Å². The van der Waals surface area contributed by atoms with Crippen LogP contribution in [0.25, 0.3) is 11.4 Å². The number of hydrogen-bond donors (Lipinski definition) is 1. The number of methoxy groups -OCH3 is 1. The maximum absolute atomic E-state index is 13.3. The Kier molecular flexibility index (Phi) is 5.70. The molecule has 1 amide bonds. The number of aryl methyl sites for hydroxylation is 1. The maximum atomic E-state index is 13.3. The lowest BCUT2D eigenvalue weighted by Gasteiger charge is -2.21. The highest BCUT2D eigenvalue weighted by atomic mass is 16.5. The molecule has 1 aliphatic rings. The Bertz CT molecular complexity index is 1220. The van der Waals surface area contributed by atoms with Gasteiger partial charge in [-0.25, -0.2) is 4.79 Å².